The minimum atomic E-state index is -4.92. The number of methoxy groups -OCH3 is 2. The molecule has 3 aromatic rings. The molecule has 1 fully saturated rings. The van der Waals surface area contributed by atoms with Crippen LogP contribution in [0.25, 0.3) is 0 Å². The number of anilines is 1. The Morgan fingerprint density at radius 3 is 2.02 bits per heavy atom. The van der Waals surface area contributed by atoms with Crippen LogP contribution in [0.5, 0.6) is 11.5 Å². The Morgan fingerprint density at radius 1 is 0.820 bits per heavy atom. The number of ether oxygens (including phenoxy) is 3. The maximum absolute atomic E-state index is 13.4. The predicted molar refractivity (Wildman–Crippen MR) is 179 cm³/mol. The molecule has 3 aromatic carbocycles. The van der Waals surface area contributed by atoms with E-state index in [0.29, 0.717) is 37.2 Å². The molecule has 5 rings (SSSR count). The van der Waals surface area contributed by atoms with Gasteiger partial charge in [-0.15, -0.1) is 0 Å². The highest BCUT2D eigenvalue weighted by molar-refractivity contribution is 6.06. The van der Waals surface area contributed by atoms with E-state index in [1.165, 1.54) is 0 Å². The maximum atomic E-state index is 13.4. The van der Waals surface area contributed by atoms with Crippen molar-refractivity contribution in [3.8, 4) is 11.5 Å². The highest BCUT2D eigenvalue weighted by Gasteiger charge is 2.46. The van der Waals surface area contributed by atoms with Gasteiger partial charge in [0.1, 0.15) is 0 Å². The molecule has 1 saturated heterocycles. The smallest absolute Gasteiger partial charge is 0.416 e. The topological polar surface area (TPSA) is 60.0 Å². The van der Waals surface area contributed by atoms with Gasteiger partial charge in [-0.25, -0.2) is 0 Å². The van der Waals surface area contributed by atoms with E-state index in [0.717, 1.165) is 67.8 Å². The number of halogens is 6. The number of hydrogen-bond donors (Lipinski definition) is 1. The van der Waals surface area contributed by atoms with Gasteiger partial charge in [0.15, 0.2) is 11.5 Å². The molecule has 1 amide bonds. The molecule has 2 aliphatic heterocycles. The van der Waals surface area contributed by atoms with Crippen LogP contribution in [0.15, 0.2) is 60.7 Å². The average molecular weight is 707 g/mol. The van der Waals surface area contributed by atoms with Crippen molar-refractivity contribution in [2.75, 3.05) is 45.8 Å². The lowest BCUT2D eigenvalue weighted by atomic mass is 9.73. The van der Waals surface area contributed by atoms with E-state index < -0.39 is 34.3 Å². The molecular weight excluding hydrogens is 662 g/mol. The summed E-state index contributed by atoms with van der Waals surface area (Å²) >= 11 is 0. The molecule has 0 bridgehead atoms. The van der Waals surface area contributed by atoms with E-state index in [4.69, 9.17) is 14.2 Å². The van der Waals surface area contributed by atoms with Crippen LogP contribution in [0.1, 0.15) is 79.7 Å². The van der Waals surface area contributed by atoms with E-state index in [-0.39, 0.29) is 30.8 Å². The molecule has 12 heteroatoms. The monoisotopic (exact) mass is 706 g/mol. The fourth-order valence-electron chi connectivity index (χ4n) is 7.53. The van der Waals surface area contributed by atoms with Crippen LogP contribution in [0.3, 0.4) is 0 Å². The number of amides is 1. The highest BCUT2D eigenvalue weighted by Crippen LogP contribution is 2.49. The Bertz CT molecular complexity index is 1590. The van der Waals surface area contributed by atoms with Crippen LogP contribution >= 0.6 is 0 Å². The number of unbranched alkanes of at least 4 members (excludes halogenated alkanes) is 1. The standard InChI is InChI=1S/C38H44F6N2O4/c1-4-12-36(30-22-32(48-2)33(49-3)23-31(30)45-34(36)47)13-8-9-16-46-17-14-35(15-18-46,27-10-6-5-7-11-27)25-50-24-26-19-28(37(39,40)41)21-29(20-26)38(42,43)44/h5-7,10-11,19-23H,4,8-9,12-18,24-25H2,1-3H3,(H,45,47). The lowest BCUT2D eigenvalue weighted by molar-refractivity contribution is -0.143. The van der Waals surface area contributed by atoms with Crippen LogP contribution in [-0.2, 0) is 39.3 Å². The van der Waals surface area contributed by atoms with E-state index in [1.54, 1.807) is 14.2 Å². The van der Waals surface area contributed by atoms with Crippen molar-refractivity contribution < 1.29 is 45.3 Å². The Labute approximate surface area is 289 Å². The molecule has 1 atom stereocenters. The number of fused-ring (bicyclic) bond motifs is 1. The molecular formula is C38H44F6N2O4. The second-order valence-corrected chi connectivity index (χ2v) is 13.4. The third-order valence-corrected chi connectivity index (χ3v) is 10.2. The van der Waals surface area contributed by atoms with E-state index >= 15 is 0 Å². The van der Waals surface area contributed by atoms with Gasteiger partial charge in [0.2, 0.25) is 5.91 Å². The van der Waals surface area contributed by atoms with Crippen LogP contribution < -0.4 is 14.8 Å². The number of nitrogens with zero attached hydrogens (tertiary/aromatic N) is 1. The third-order valence-electron chi connectivity index (χ3n) is 10.2. The number of carbonyl (C=O) groups is 1. The van der Waals surface area contributed by atoms with Gasteiger partial charge in [-0.3, -0.25) is 4.79 Å². The number of hydrogen-bond acceptors (Lipinski definition) is 5. The first-order valence-electron chi connectivity index (χ1n) is 17.0. The quantitative estimate of drug-likeness (QED) is 0.134. The minimum absolute atomic E-state index is 0.00460. The Hall–Kier alpha value is -3.77. The number of nitrogens with one attached hydrogen (secondary N) is 1. The zero-order valence-corrected chi connectivity index (χ0v) is 28.6. The summed E-state index contributed by atoms with van der Waals surface area (Å²) in [7, 11) is 3.14. The number of piperidine rings is 1. The molecule has 2 heterocycles. The lowest BCUT2D eigenvalue weighted by Gasteiger charge is -2.42. The SMILES string of the molecule is CCCC1(CCCCN2CCC(COCc3cc(C(F)(F)F)cc(C(F)(F)F)c3)(c3ccccc3)CC2)C(=O)Nc2cc(OC)c(OC)cc21. The van der Waals surface area contributed by atoms with Crippen LogP contribution in [0.2, 0.25) is 0 Å². The van der Waals surface area contributed by atoms with Crippen molar-refractivity contribution in [3.05, 3.63) is 88.5 Å². The summed E-state index contributed by atoms with van der Waals surface area (Å²) in [6.07, 6.45) is -4.45. The van der Waals surface area contributed by atoms with Gasteiger partial charge in [-0.1, -0.05) is 50.1 Å². The second kappa shape index (κ2) is 15.2. The summed E-state index contributed by atoms with van der Waals surface area (Å²) < 4.78 is 97.3. The largest absolute Gasteiger partial charge is 0.493 e. The van der Waals surface area contributed by atoms with Gasteiger partial charge >= 0.3 is 12.4 Å². The molecule has 6 nitrogen and oxygen atoms in total. The molecule has 1 unspecified atom stereocenters. The van der Waals surface area contributed by atoms with Gasteiger partial charge in [0.25, 0.3) is 0 Å². The zero-order chi connectivity index (χ0) is 36.2. The summed E-state index contributed by atoms with van der Waals surface area (Å²) in [5.74, 6) is 1.14. The minimum Gasteiger partial charge on any atom is -0.493 e. The molecule has 0 spiro atoms. The zero-order valence-electron chi connectivity index (χ0n) is 28.6. The van der Waals surface area contributed by atoms with Crippen LogP contribution in [0.4, 0.5) is 32.0 Å². The highest BCUT2D eigenvalue weighted by atomic mass is 19.4. The fourth-order valence-corrected chi connectivity index (χ4v) is 7.53. The van der Waals surface area contributed by atoms with Crippen LogP contribution in [0, 0.1) is 0 Å². The lowest BCUT2D eigenvalue weighted by Crippen LogP contribution is -2.45. The Morgan fingerprint density at radius 2 is 1.44 bits per heavy atom. The van der Waals surface area contributed by atoms with Gasteiger partial charge < -0.3 is 24.4 Å². The molecule has 0 aliphatic carbocycles. The molecule has 0 saturated carbocycles. The van der Waals surface area contributed by atoms with Crippen molar-refractivity contribution >= 4 is 11.6 Å². The van der Waals surface area contributed by atoms with Gasteiger partial charge in [-0.05, 0) is 92.7 Å². The number of likely N-dealkylation sites (tertiary alicyclic amines) is 1. The van der Waals surface area contributed by atoms with Crippen molar-refractivity contribution in [2.45, 2.75) is 81.7 Å². The second-order valence-electron chi connectivity index (χ2n) is 13.4. The van der Waals surface area contributed by atoms with Crippen molar-refractivity contribution in [1.82, 2.24) is 4.90 Å². The molecule has 0 radical (unpaired) electrons. The van der Waals surface area contributed by atoms with Gasteiger partial charge in [0, 0.05) is 17.2 Å². The van der Waals surface area contributed by atoms with Crippen LogP contribution in [-0.4, -0.2) is 51.3 Å². The first-order valence-corrected chi connectivity index (χ1v) is 17.0. The normalized spacial score (nSPS) is 19.3. The predicted octanol–water partition coefficient (Wildman–Crippen LogP) is 9.15. The molecule has 0 aromatic heterocycles. The summed E-state index contributed by atoms with van der Waals surface area (Å²) in [5.41, 5.74) is -1.25. The summed E-state index contributed by atoms with van der Waals surface area (Å²) in [6.45, 7) is 4.19. The third kappa shape index (κ3) is 8.07. The molecule has 272 valence electrons. The number of alkyl halides is 6. The molecule has 2 aliphatic rings. The van der Waals surface area contributed by atoms with E-state index in [1.807, 2.05) is 42.5 Å². The van der Waals surface area contributed by atoms with E-state index in [9.17, 15) is 31.1 Å². The van der Waals surface area contributed by atoms with Crippen molar-refractivity contribution in [3.63, 3.8) is 0 Å². The number of benzene rings is 3. The summed E-state index contributed by atoms with van der Waals surface area (Å²) in [6, 6.07) is 15.0. The molecule has 50 heavy (non-hydrogen) atoms. The maximum Gasteiger partial charge on any atom is 0.416 e. The first kappa shape index (κ1) is 37.5. The first-order chi connectivity index (χ1) is 23.7. The van der Waals surface area contributed by atoms with Gasteiger partial charge in [-0.2, -0.15) is 26.3 Å². The van der Waals surface area contributed by atoms with Crippen molar-refractivity contribution in [2.24, 2.45) is 0 Å². The summed E-state index contributed by atoms with van der Waals surface area (Å²) in [5, 5.41) is 3.06. The fraction of sp³-hybridized carbons (Fsp3) is 0.500. The Kier molecular flexibility index (Phi) is 11.4. The van der Waals surface area contributed by atoms with Gasteiger partial charge in [0.05, 0.1) is 44.0 Å². The average Bonchev–Trinajstić information content (AvgIpc) is 3.35. The number of carbonyl (C=O) groups excluding carboxylic acids is 1. The summed E-state index contributed by atoms with van der Waals surface area (Å²) in [4.78, 5) is 15.8. The van der Waals surface area contributed by atoms with Crippen molar-refractivity contribution in [1.29, 1.82) is 0 Å². The molecule has 1 N–H and O–H groups in total. The van der Waals surface area contributed by atoms with E-state index in [2.05, 4.69) is 17.1 Å². The Balaban J connectivity index is 1.21. The number of rotatable bonds is 14.